The van der Waals surface area contributed by atoms with Gasteiger partial charge in [0.1, 0.15) is 6.54 Å². The number of piperidine rings is 1. The lowest BCUT2D eigenvalue weighted by Crippen LogP contribution is -2.49. The van der Waals surface area contributed by atoms with Crippen molar-refractivity contribution >= 4 is 17.7 Å². The van der Waals surface area contributed by atoms with Crippen molar-refractivity contribution in [3.05, 3.63) is 77.4 Å². The maximum atomic E-state index is 13.3. The van der Waals surface area contributed by atoms with Crippen LogP contribution < -0.4 is 5.73 Å². The van der Waals surface area contributed by atoms with Crippen LogP contribution in [0.1, 0.15) is 17.2 Å². The number of rotatable bonds is 3. The molecule has 8 heteroatoms. The number of nitrogens with two attached hydrogens (primary N) is 1. The van der Waals surface area contributed by atoms with Crippen LogP contribution in [0.15, 0.2) is 71.3 Å². The minimum atomic E-state index is -4.38. The molecule has 2 heterocycles. The van der Waals surface area contributed by atoms with Gasteiger partial charge >= 0.3 is 6.18 Å². The number of likely N-dealkylation sites (tertiary alicyclic amines) is 1. The third-order valence-corrected chi connectivity index (χ3v) is 5.36. The third kappa shape index (κ3) is 4.17. The zero-order valence-electron chi connectivity index (χ0n) is 16.2. The number of alkyl halides is 3. The second kappa shape index (κ2) is 7.85. The Kier molecular flexibility index (Phi) is 5.24. The summed E-state index contributed by atoms with van der Waals surface area (Å²) in [5.41, 5.74) is 8.86. The van der Waals surface area contributed by atoms with Crippen LogP contribution in [0.25, 0.3) is 6.08 Å². The number of hydrazone groups is 1. The fourth-order valence-electron chi connectivity index (χ4n) is 4.13. The molecule has 156 valence electrons. The number of hydrogen-bond acceptors (Lipinski definition) is 3. The van der Waals surface area contributed by atoms with Gasteiger partial charge in [-0.15, -0.1) is 0 Å². The Morgan fingerprint density at radius 1 is 1.10 bits per heavy atom. The predicted molar refractivity (Wildman–Crippen MR) is 111 cm³/mol. The van der Waals surface area contributed by atoms with Gasteiger partial charge in [0.15, 0.2) is 5.96 Å². The Hall–Kier alpha value is -3.29. The third-order valence-electron chi connectivity index (χ3n) is 5.36. The summed E-state index contributed by atoms with van der Waals surface area (Å²) in [6, 6.07) is 18.1. The lowest BCUT2D eigenvalue weighted by Gasteiger charge is -2.36. The van der Waals surface area contributed by atoms with Gasteiger partial charge in [-0.3, -0.25) is 10.4 Å². The Morgan fingerprint density at radius 3 is 2.33 bits per heavy atom. The fourth-order valence-corrected chi connectivity index (χ4v) is 4.13. The fraction of sp³-hybridized carbons (Fsp3) is 0.273. The Balaban J connectivity index is 1.79. The van der Waals surface area contributed by atoms with Crippen molar-refractivity contribution in [2.75, 3.05) is 19.6 Å². The van der Waals surface area contributed by atoms with E-state index in [2.05, 4.69) is 5.10 Å². The lowest BCUT2D eigenvalue weighted by atomic mass is 9.83. The minimum Gasteiger partial charge on any atom is -0.370 e. The van der Waals surface area contributed by atoms with E-state index >= 15 is 0 Å². The zero-order valence-corrected chi connectivity index (χ0v) is 16.2. The Morgan fingerprint density at radius 2 is 1.73 bits per heavy atom. The molecule has 0 aromatic heterocycles. The quantitative estimate of drug-likeness (QED) is 0.593. The molecule has 2 atom stereocenters. The molecule has 2 aliphatic rings. The van der Waals surface area contributed by atoms with Gasteiger partial charge in [-0.1, -0.05) is 60.7 Å². The minimum absolute atomic E-state index is 0.103. The van der Waals surface area contributed by atoms with Crippen LogP contribution in [0.3, 0.4) is 0 Å². The van der Waals surface area contributed by atoms with Gasteiger partial charge in [0.25, 0.3) is 0 Å². The van der Waals surface area contributed by atoms with Crippen LogP contribution in [0.4, 0.5) is 13.2 Å². The van der Waals surface area contributed by atoms with E-state index in [1.165, 1.54) is 0 Å². The largest absolute Gasteiger partial charge is 0.407 e. The average Bonchev–Trinajstić information content (AvgIpc) is 3.05. The van der Waals surface area contributed by atoms with Gasteiger partial charge in [0.2, 0.25) is 0 Å². The van der Waals surface area contributed by atoms with E-state index < -0.39 is 18.8 Å². The number of nitrogens with zero attached hydrogens (tertiary/aromatic N) is 3. The molecule has 30 heavy (non-hydrogen) atoms. The first-order valence-corrected chi connectivity index (χ1v) is 9.63. The van der Waals surface area contributed by atoms with E-state index in [1.54, 1.807) is 4.90 Å². The Bertz CT molecular complexity index is 969. The van der Waals surface area contributed by atoms with Gasteiger partial charge in [-0.2, -0.15) is 18.3 Å². The van der Waals surface area contributed by atoms with Gasteiger partial charge in [0, 0.05) is 19.0 Å². The van der Waals surface area contributed by atoms with E-state index in [4.69, 9.17) is 11.1 Å². The summed E-state index contributed by atoms with van der Waals surface area (Å²) >= 11 is 0. The normalized spacial score (nSPS) is 22.8. The molecule has 1 fully saturated rings. The molecule has 2 unspecified atom stereocenters. The van der Waals surface area contributed by atoms with Crippen molar-refractivity contribution in [2.45, 2.75) is 12.2 Å². The van der Waals surface area contributed by atoms with Gasteiger partial charge in [0.05, 0.1) is 11.8 Å². The molecule has 4 rings (SSSR count). The highest BCUT2D eigenvalue weighted by molar-refractivity contribution is 6.08. The predicted octanol–water partition coefficient (Wildman–Crippen LogP) is 3.87. The molecule has 0 spiro atoms. The summed E-state index contributed by atoms with van der Waals surface area (Å²) in [6.45, 7) is -0.458. The summed E-state index contributed by atoms with van der Waals surface area (Å²) in [5.74, 6) is -0.434. The summed E-state index contributed by atoms with van der Waals surface area (Å²) in [6.07, 6.45) is -2.46. The second-order valence-corrected chi connectivity index (χ2v) is 7.51. The molecule has 0 radical (unpaired) electrons. The molecule has 0 aliphatic carbocycles. The summed E-state index contributed by atoms with van der Waals surface area (Å²) in [7, 11) is 0. The zero-order chi connectivity index (χ0) is 21.3. The molecule has 0 saturated carbocycles. The molecule has 0 bridgehead atoms. The summed E-state index contributed by atoms with van der Waals surface area (Å²) in [5, 5.41) is 13.5. The summed E-state index contributed by atoms with van der Waals surface area (Å²) < 4.78 is 40.0. The van der Waals surface area contributed by atoms with Crippen molar-refractivity contribution in [2.24, 2.45) is 16.8 Å². The first-order chi connectivity index (χ1) is 14.3. The number of fused-ring (bicyclic) bond motifs is 1. The first kappa shape index (κ1) is 20.0. The van der Waals surface area contributed by atoms with Crippen molar-refractivity contribution in [1.29, 1.82) is 5.41 Å². The van der Waals surface area contributed by atoms with Crippen LogP contribution in [-0.2, 0) is 0 Å². The van der Waals surface area contributed by atoms with E-state index in [0.29, 0.717) is 18.8 Å². The van der Waals surface area contributed by atoms with Gasteiger partial charge in [-0.05, 0) is 22.8 Å². The van der Waals surface area contributed by atoms with Crippen LogP contribution in [0, 0.1) is 11.3 Å². The lowest BCUT2D eigenvalue weighted by molar-refractivity contribution is -0.150. The van der Waals surface area contributed by atoms with Crippen molar-refractivity contribution in [1.82, 2.24) is 9.91 Å². The average molecular weight is 413 g/mol. The van der Waals surface area contributed by atoms with E-state index in [0.717, 1.165) is 21.7 Å². The van der Waals surface area contributed by atoms with Gasteiger partial charge in [-0.25, -0.2) is 0 Å². The SMILES string of the molecule is N=C(N)N1C/C(=C\c2ccccc2)C2=NN(CC(F)(F)F)C(c3ccccc3)C2C1. The van der Waals surface area contributed by atoms with Crippen LogP contribution >= 0.6 is 0 Å². The first-order valence-electron chi connectivity index (χ1n) is 9.63. The van der Waals surface area contributed by atoms with Crippen LogP contribution in [-0.4, -0.2) is 47.4 Å². The van der Waals surface area contributed by atoms with Crippen LogP contribution in [0.5, 0.6) is 0 Å². The van der Waals surface area contributed by atoms with E-state index in [9.17, 15) is 13.2 Å². The standard InChI is InChI=1S/C22H22F3N5/c23-22(24,25)14-30-20(16-9-5-2-6-10-16)18-13-29(21(26)27)12-17(19(18)28-30)11-15-7-3-1-4-8-15/h1-11,18,20H,12-14H2,(H3,26,27)/b17-11+. The van der Waals surface area contributed by atoms with E-state index in [-0.39, 0.29) is 11.9 Å². The highest BCUT2D eigenvalue weighted by Gasteiger charge is 2.46. The molecule has 1 saturated heterocycles. The van der Waals surface area contributed by atoms with Crippen molar-refractivity contribution in [3.8, 4) is 0 Å². The maximum Gasteiger partial charge on any atom is 0.407 e. The number of benzene rings is 2. The number of nitrogens with one attached hydrogen (secondary N) is 1. The molecule has 5 nitrogen and oxygen atoms in total. The van der Waals surface area contributed by atoms with E-state index in [1.807, 2.05) is 66.7 Å². The monoisotopic (exact) mass is 413 g/mol. The Labute approximate surface area is 172 Å². The number of guanidine groups is 1. The molecule has 2 aromatic carbocycles. The van der Waals surface area contributed by atoms with Crippen molar-refractivity contribution in [3.63, 3.8) is 0 Å². The second-order valence-electron chi connectivity index (χ2n) is 7.51. The van der Waals surface area contributed by atoms with Gasteiger partial charge < -0.3 is 10.6 Å². The highest BCUT2D eigenvalue weighted by Crippen LogP contribution is 2.42. The number of halogens is 3. The molecule has 2 aliphatic heterocycles. The van der Waals surface area contributed by atoms with Crippen molar-refractivity contribution < 1.29 is 13.2 Å². The topological polar surface area (TPSA) is 68.7 Å². The molecular weight excluding hydrogens is 391 g/mol. The maximum absolute atomic E-state index is 13.3. The number of hydrogen-bond donors (Lipinski definition) is 2. The summed E-state index contributed by atoms with van der Waals surface area (Å²) in [4.78, 5) is 1.69. The molecule has 0 amide bonds. The van der Waals surface area contributed by atoms with Crippen LogP contribution in [0.2, 0.25) is 0 Å². The highest BCUT2D eigenvalue weighted by atomic mass is 19.4. The smallest absolute Gasteiger partial charge is 0.370 e. The molecule has 2 aromatic rings. The molecule has 3 N–H and O–H groups in total. The molecular formula is C22H22F3N5.